The molecule has 8 nitrogen and oxygen atoms in total. The highest BCUT2D eigenvalue weighted by molar-refractivity contribution is 14.0. The average molecular weight is 577 g/mol. The van der Waals surface area contributed by atoms with Crippen LogP contribution in [0.4, 0.5) is 14.9 Å². The Balaban J connectivity index is 0.00000385. The van der Waals surface area contributed by atoms with Gasteiger partial charge in [0.25, 0.3) is 0 Å². The molecule has 33 heavy (non-hydrogen) atoms. The highest BCUT2D eigenvalue weighted by Gasteiger charge is 2.26. The first-order chi connectivity index (χ1) is 15.2. The van der Waals surface area contributed by atoms with E-state index in [2.05, 4.69) is 15.6 Å². The molecule has 0 radical (unpaired) electrons. The van der Waals surface area contributed by atoms with Gasteiger partial charge in [-0.2, -0.15) is 0 Å². The number of nitrogens with zero attached hydrogens (tertiary/aromatic N) is 3. The number of benzene rings is 1. The van der Waals surface area contributed by atoms with Gasteiger partial charge in [0, 0.05) is 52.9 Å². The minimum Gasteiger partial charge on any atom is -0.444 e. The molecule has 0 aliphatic carbocycles. The van der Waals surface area contributed by atoms with Gasteiger partial charge >= 0.3 is 6.09 Å². The zero-order chi connectivity index (χ0) is 23.1. The Morgan fingerprint density at radius 3 is 2.55 bits per heavy atom. The van der Waals surface area contributed by atoms with E-state index in [1.807, 2.05) is 31.7 Å². The number of carbonyl (C=O) groups excluding carboxylic acids is 1. The zero-order valence-corrected chi connectivity index (χ0v) is 22.4. The van der Waals surface area contributed by atoms with E-state index < -0.39 is 5.60 Å². The standard InChI is InChI=1S/C23H36FN5O3.HI/c1-23(2,3)32-22(30)29-11-9-28(10-12-29)20-8-7-17(14-19(20)24)15-26-21(25-4)27-16-18-6-5-13-31-18;/h7-8,14,18H,5-6,9-13,15-16H2,1-4H3,(H2,25,26,27);1H. The summed E-state index contributed by atoms with van der Waals surface area (Å²) < 4.78 is 25.9. The quantitative estimate of drug-likeness (QED) is 0.318. The summed E-state index contributed by atoms with van der Waals surface area (Å²) in [5.41, 5.74) is 0.865. The predicted octanol–water partition coefficient (Wildman–Crippen LogP) is 3.34. The van der Waals surface area contributed by atoms with Gasteiger partial charge in [-0.15, -0.1) is 24.0 Å². The van der Waals surface area contributed by atoms with Crippen molar-refractivity contribution in [3.05, 3.63) is 29.6 Å². The van der Waals surface area contributed by atoms with Crippen LogP contribution >= 0.6 is 24.0 Å². The molecule has 2 fully saturated rings. The molecule has 1 aromatic carbocycles. The number of anilines is 1. The lowest BCUT2D eigenvalue weighted by Crippen LogP contribution is -2.50. The first-order valence-electron chi connectivity index (χ1n) is 11.3. The second-order valence-corrected chi connectivity index (χ2v) is 9.18. The molecule has 1 atom stereocenters. The Labute approximate surface area is 213 Å². The summed E-state index contributed by atoms with van der Waals surface area (Å²) in [5.74, 6) is 0.403. The maximum atomic E-state index is 14.8. The Bertz CT molecular complexity index is 804. The average Bonchev–Trinajstić information content (AvgIpc) is 3.26. The van der Waals surface area contributed by atoms with Crippen molar-refractivity contribution in [3.8, 4) is 0 Å². The smallest absolute Gasteiger partial charge is 0.410 e. The number of carbonyl (C=O) groups is 1. The van der Waals surface area contributed by atoms with Gasteiger partial charge < -0.3 is 29.9 Å². The highest BCUT2D eigenvalue weighted by Crippen LogP contribution is 2.23. The Morgan fingerprint density at radius 1 is 1.24 bits per heavy atom. The van der Waals surface area contributed by atoms with Crippen molar-refractivity contribution in [2.45, 2.75) is 51.9 Å². The second kappa shape index (κ2) is 12.6. The molecule has 0 saturated carbocycles. The van der Waals surface area contributed by atoms with Crippen molar-refractivity contribution in [3.63, 3.8) is 0 Å². The first kappa shape index (κ1) is 27.4. The molecule has 1 aromatic rings. The third-order valence-electron chi connectivity index (χ3n) is 5.49. The summed E-state index contributed by atoms with van der Waals surface area (Å²) in [6.07, 6.45) is 2.06. The molecule has 10 heteroatoms. The summed E-state index contributed by atoms with van der Waals surface area (Å²) in [7, 11) is 1.71. The minimum absolute atomic E-state index is 0. The van der Waals surface area contributed by atoms with Crippen LogP contribution < -0.4 is 15.5 Å². The monoisotopic (exact) mass is 577 g/mol. The van der Waals surface area contributed by atoms with Crippen molar-refractivity contribution in [2.24, 2.45) is 4.99 Å². The maximum absolute atomic E-state index is 14.8. The molecule has 2 aliphatic rings. The number of hydrogen-bond donors (Lipinski definition) is 2. The predicted molar refractivity (Wildman–Crippen MR) is 139 cm³/mol. The van der Waals surface area contributed by atoms with Gasteiger partial charge in [0.05, 0.1) is 11.8 Å². The largest absolute Gasteiger partial charge is 0.444 e. The fourth-order valence-electron chi connectivity index (χ4n) is 3.80. The van der Waals surface area contributed by atoms with Crippen LogP contribution in [0.1, 0.15) is 39.2 Å². The second-order valence-electron chi connectivity index (χ2n) is 9.18. The number of guanidine groups is 1. The van der Waals surface area contributed by atoms with Crippen molar-refractivity contribution in [2.75, 3.05) is 51.3 Å². The minimum atomic E-state index is -0.521. The van der Waals surface area contributed by atoms with Gasteiger partial charge in [-0.25, -0.2) is 9.18 Å². The van der Waals surface area contributed by atoms with E-state index in [0.717, 1.165) is 25.0 Å². The molecule has 186 valence electrons. The Kier molecular flexibility index (Phi) is 10.5. The summed E-state index contributed by atoms with van der Waals surface area (Å²) in [4.78, 5) is 20.1. The number of ether oxygens (including phenoxy) is 2. The first-order valence-corrected chi connectivity index (χ1v) is 11.3. The summed E-state index contributed by atoms with van der Waals surface area (Å²) >= 11 is 0. The fraction of sp³-hybridized carbons (Fsp3) is 0.652. The highest BCUT2D eigenvalue weighted by atomic mass is 127. The molecular formula is C23H37FIN5O3. The van der Waals surface area contributed by atoms with Crippen LogP contribution in [-0.4, -0.2) is 75.0 Å². The summed E-state index contributed by atoms with van der Waals surface area (Å²) in [5, 5.41) is 6.47. The van der Waals surface area contributed by atoms with Crippen molar-refractivity contribution >= 4 is 41.7 Å². The number of nitrogens with one attached hydrogen (secondary N) is 2. The van der Waals surface area contributed by atoms with Crippen LogP contribution in [0.5, 0.6) is 0 Å². The molecule has 0 aromatic heterocycles. The normalized spacial score (nSPS) is 19.2. The van der Waals surface area contributed by atoms with Gasteiger partial charge in [0.15, 0.2) is 5.96 Å². The Morgan fingerprint density at radius 2 is 1.97 bits per heavy atom. The van der Waals surface area contributed by atoms with Gasteiger partial charge in [0.2, 0.25) is 0 Å². The van der Waals surface area contributed by atoms with E-state index in [0.29, 0.717) is 50.9 Å². The summed E-state index contributed by atoms with van der Waals surface area (Å²) in [6.45, 7) is 9.68. The summed E-state index contributed by atoms with van der Waals surface area (Å²) in [6, 6.07) is 5.27. The van der Waals surface area contributed by atoms with Crippen LogP contribution in [0.2, 0.25) is 0 Å². The zero-order valence-electron chi connectivity index (χ0n) is 20.0. The lowest BCUT2D eigenvalue weighted by molar-refractivity contribution is 0.0240. The maximum Gasteiger partial charge on any atom is 0.410 e. The molecule has 1 amide bonds. The van der Waals surface area contributed by atoms with Gasteiger partial charge in [0.1, 0.15) is 11.4 Å². The van der Waals surface area contributed by atoms with Gasteiger partial charge in [-0.1, -0.05) is 6.07 Å². The molecule has 2 aliphatic heterocycles. The molecule has 2 N–H and O–H groups in total. The number of aliphatic imine (C=N–C) groups is 1. The lowest BCUT2D eigenvalue weighted by Gasteiger charge is -2.36. The van der Waals surface area contributed by atoms with E-state index in [9.17, 15) is 9.18 Å². The van der Waals surface area contributed by atoms with Crippen LogP contribution in [-0.2, 0) is 16.0 Å². The van der Waals surface area contributed by atoms with Crippen LogP contribution in [0.25, 0.3) is 0 Å². The number of hydrogen-bond acceptors (Lipinski definition) is 5. The van der Waals surface area contributed by atoms with Gasteiger partial charge in [-0.05, 0) is 51.3 Å². The lowest BCUT2D eigenvalue weighted by atomic mass is 10.1. The molecule has 0 spiro atoms. The molecule has 0 bridgehead atoms. The van der Waals surface area contributed by atoms with E-state index in [1.165, 1.54) is 0 Å². The van der Waals surface area contributed by atoms with Crippen LogP contribution in [0, 0.1) is 5.82 Å². The molecule has 2 saturated heterocycles. The van der Waals surface area contributed by atoms with Crippen molar-refractivity contribution in [1.82, 2.24) is 15.5 Å². The molecule has 1 unspecified atom stereocenters. The topological polar surface area (TPSA) is 78.4 Å². The van der Waals surface area contributed by atoms with Gasteiger partial charge in [-0.3, -0.25) is 4.99 Å². The fourth-order valence-corrected chi connectivity index (χ4v) is 3.80. The van der Waals surface area contributed by atoms with Crippen molar-refractivity contribution in [1.29, 1.82) is 0 Å². The van der Waals surface area contributed by atoms with Crippen LogP contribution in [0.15, 0.2) is 23.2 Å². The number of piperazine rings is 1. The number of rotatable bonds is 5. The van der Waals surface area contributed by atoms with Crippen LogP contribution in [0.3, 0.4) is 0 Å². The third-order valence-corrected chi connectivity index (χ3v) is 5.49. The third kappa shape index (κ3) is 8.47. The number of amides is 1. The van der Waals surface area contributed by atoms with E-state index in [-0.39, 0.29) is 42.0 Å². The van der Waals surface area contributed by atoms with E-state index in [4.69, 9.17) is 9.47 Å². The SMILES string of the molecule is CN=C(NCc1ccc(N2CCN(C(=O)OC(C)(C)C)CC2)c(F)c1)NCC1CCCO1.I. The van der Waals surface area contributed by atoms with Crippen molar-refractivity contribution < 1.29 is 18.7 Å². The molecular weight excluding hydrogens is 540 g/mol. The van der Waals surface area contributed by atoms with E-state index in [1.54, 1.807) is 24.1 Å². The molecule has 3 rings (SSSR count). The number of halogens is 2. The van der Waals surface area contributed by atoms with E-state index >= 15 is 0 Å². The Hall–Kier alpha value is -1.82. The molecule has 2 heterocycles.